The largest absolute Gasteiger partial charge is 0.435 e. The molecular weight excluding hydrogens is 310 g/mol. The molecule has 0 aliphatic heterocycles. The number of carbonyl (C=O) groups is 1. The summed E-state index contributed by atoms with van der Waals surface area (Å²) in [5.74, 6) is 0.635. The molecule has 2 heterocycles. The van der Waals surface area contributed by atoms with Gasteiger partial charge in [0.25, 0.3) is 0 Å². The summed E-state index contributed by atoms with van der Waals surface area (Å²) in [6, 6.07) is 8.05. The Balaban J connectivity index is 1.77. The molecule has 0 N–H and O–H groups in total. The monoisotopic (exact) mass is 327 g/mol. The molecule has 0 aliphatic carbocycles. The van der Waals surface area contributed by atoms with E-state index in [9.17, 15) is 4.79 Å². The van der Waals surface area contributed by atoms with Gasteiger partial charge in [-0.3, -0.25) is 4.79 Å². The lowest BCUT2D eigenvalue weighted by molar-refractivity contribution is -0.138. The normalized spacial score (nSPS) is 10.8. The van der Waals surface area contributed by atoms with E-state index in [0.29, 0.717) is 6.42 Å². The Morgan fingerprint density at radius 1 is 1.35 bits per heavy atom. The lowest BCUT2D eigenvalue weighted by atomic mass is 10.2. The van der Waals surface area contributed by atoms with Gasteiger partial charge in [-0.2, -0.15) is 0 Å². The molecule has 23 heavy (non-hydrogen) atoms. The third-order valence-corrected chi connectivity index (χ3v) is 4.13. The van der Waals surface area contributed by atoms with Crippen LogP contribution in [0.5, 0.6) is 0 Å². The summed E-state index contributed by atoms with van der Waals surface area (Å²) in [6.45, 7) is 4.17. The quantitative estimate of drug-likeness (QED) is 0.374. The first kappa shape index (κ1) is 15.4. The lowest BCUT2D eigenvalue weighted by Gasteiger charge is -2.07. The molecule has 1 aromatic carbocycles. The van der Waals surface area contributed by atoms with Crippen LogP contribution < -0.4 is 0 Å². The van der Waals surface area contributed by atoms with Gasteiger partial charge in [-0.1, -0.05) is 18.7 Å². The summed E-state index contributed by atoms with van der Waals surface area (Å²) < 4.78 is 6.90. The van der Waals surface area contributed by atoms with E-state index in [0.717, 1.165) is 41.9 Å². The van der Waals surface area contributed by atoms with E-state index in [1.165, 1.54) is 6.26 Å². The molecule has 0 saturated heterocycles. The van der Waals surface area contributed by atoms with Crippen LogP contribution in [0.25, 0.3) is 22.6 Å². The molecule has 0 unspecified atom stereocenters. The number of para-hydroxylation sites is 2. The topological polar surface area (TPSA) is 57.0 Å². The first-order valence-electron chi connectivity index (χ1n) is 7.44. The Morgan fingerprint density at radius 3 is 3.00 bits per heavy atom. The molecule has 2 aromatic heterocycles. The van der Waals surface area contributed by atoms with Gasteiger partial charge in [-0.05, 0) is 25.0 Å². The highest BCUT2D eigenvalue weighted by atomic mass is 32.1. The van der Waals surface area contributed by atoms with Crippen molar-refractivity contribution in [1.82, 2.24) is 14.5 Å². The third-order valence-electron chi connectivity index (χ3n) is 3.54. The van der Waals surface area contributed by atoms with Crippen molar-refractivity contribution in [3.8, 4) is 11.5 Å². The number of rotatable bonds is 7. The predicted octanol–water partition coefficient (Wildman–Crippen LogP) is 4.02. The number of ether oxygens (including phenoxy) is 1. The highest BCUT2D eigenvalue weighted by Crippen LogP contribution is 2.25. The number of carbonyl (C=O) groups excluding carboxylic acids is 1. The molecule has 118 valence electrons. The minimum Gasteiger partial charge on any atom is -0.435 e. The Labute approximate surface area is 138 Å². The molecule has 5 nitrogen and oxygen atoms in total. The Kier molecular flexibility index (Phi) is 4.83. The predicted molar refractivity (Wildman–Crippen MR) is 91.0 cm³/mol. The van der Waals surface area contributed by atoms with Crippen LogP contribution in [0.3, 0.4) is 0 Å². The van der Waals surface area contributed by atoms with Crippen molar-refractivity contribution in [3.05, 3.63) is 48.0 Å². The number of benzene rings is 1. The molecule has 0 spiro atoms. The van der Waals surface area contributed by atoms with Crippen LogP contribution in [0.1, 0.15) is 19.3 Å². The van der Waals surface area contributed by atoms with Crippen LogP contribution in [0, 0.1) is 0 Å². The number of hydrogen-bond acceptors (Lipinski definition) is 5. The zero-order chi connectivity index (χ0) is 16.1. The van der Waals surface area contributed by atoms with Gasteiger partial charge in [-0.25, -0.2) is 9.97 Å². The Hall–Kier alpha value is -2.47. The van der Waals surface area contributed by atoms with E-state index in [-0.39, 0.29) is 5.97 Å². The number of aromatic nitrogens is 3. The van der Waals surface area contributed by atoms with Gasteiger partial charge in [0.15, 0.2) is 5.82 Å². The Morgan fingerprint density at radius 2 is 2.22 bits per heavy atom. The number of hydrogen-bond donors (Lipinski definition) is 0. The lowest BCUT2D eigenvalue weighted by Crippen LogP contribution is -2.03. The number of imidazole rings is 1. The maximum Gasteiger partial charge on any atom is 0.310 e. The van der Waals surface area contributed by atoms with Crippen LogP contribution in [0.2, 0.25) is 0 Å². The SMILES string of the molecule is C=COC(=O)CCCCn1c(-c2cscn2)nc2ccccc21. The van der Waals surface area contributed by atoms with Gasteiger partial charge < -0.3 is 9.30 Å². The van der Waals surface area contributed by atoms with E-state index in [4.69, 9.17) is 9.72 Å². The summed E-state index contributed by atoms with van der Waals surface area (Å²) in [5, 5.41) is 2.00. The molecule has 0 aliphatic rings. The van der Waals surface area contributed by atoms with Crippen molar-refractivity contribution in [3.63, 3.8) is 0 Å². The van der Waals surface area contributed by atoms with Crippen molar-refractivity contribution in [2.75, 3.05) is 0 Å². The van der Waals surface area contributed by atoms with E-state index in [1.54, 1.807) is 11.3 Å². The maximum absolute atomic E-state index is 11.3. The number of aryl methyl sites for hydroxylation is 1. The third kappa shape index (κ3) is 3.48. The van der Waals surface area contributed by atoms with Gasteiger partial charge >= 0.3 is 5.97 Å². The standard InChI is InChI=1S/C17H17N3O2S/c1-2-22-16(21)9-5-6-10-20-15-8-4-3-7-13(15)19-17(20)14-11-23-12-18-14/h2-4,7-8,11-12H,1,5-6,9-10H2. The number of esters is 1. The van der Waals surface area contributed by atoms with E-state index in [1.807, 2.05) is 29.1 Å². The fourth-order valence-corrected chi connectivity index (χ4v) is 3.04. The van der Waals surface area contributed by atoms with Crippen LogP contribution in [-0.4, -0.2) is 20.5 Å². The number of nitrogens with zero attached hydrogens (tertiary/aromatic N) is 3. The summed E-state index contributed by atoms with van der Waals surface area (Å²) in [4.78, 5) is 20.4. The van der Waals surface area contributed by atoms with E-state index < -0.39 is 0 Å². The second kappa shape index (κ2) is 7.19. The second-order valence-corrected chi connectivity index (χ2v) is 5.78. The number of fused-ring (bicyclic) bond motifs is 1. The van der Waals surface area contributed by atoms with Crippen molar-refractivity contribution in [2.24, 2.45) is 0 Å². The van der Waals surface area contributed by atoms with E-state index >= 15 is 0 Å². The zero-order valence-corrected chi connectivity index (χ0v) is 13.5. The fourth-order valence-electron chi connectivity index (χ4n) is 2.51. The van der Waals surface area contributed by atoms with Gasteiger partial charge in [0, 0.05) is 18.3 Å². The maximum atomic E-state index is 11.3. The van der Waals surface area contributed by atoms with Crippen molar-refractivity contribution in [2.45, 2.75) is 25.8 Å². The fraction of sp³-hybridized carbons (Fsp3) is 0.235. The molecule has 6 heteroatoms. The minimum absolute atomic E-state index is 0.241. The Bertz CT molecular complexity index is 808. The molecule has 0 bridgehead atoms. The summed E-state index contributed by atoms with van der Waals surface area (Å²) >= 11 is 1.56. The van der Waals surface area contributed by atoms with Crippen molar-refractivity contribution in [1.29, 1.82) is 0 Å². The molecule has 3 rings (SSSR count). The average molecular weight is 327 g/mol. The molecule has 0 radical (unpaired) electrons. The molecular formula is C17H17N3O2S. The van der Waals surface area contributed by atoms with Gasteiger partial charge in [0.2, 0.25) is 0 Å². The molecule has 0 amide bonds. The molecule has 0 fully saturated rings. The first-order valence-corrected chi connectivity index (χ1v) is 8.38. The summed E-state index contributed by atoms with van der Waals surface area (Å²) in [7, 11) is 0. The number of unbranched alkanes of at least 4 members (excludes halogenated alkanes) is 1. The summed E-state index contributed by atoms with van der Waals surface area (Å²) in [6.07, 6.45) is 3.19. The van der Waals surface area contributed by atoms with Crippen LogP contribution in [-0.2, 0) is 16.1 Å². The first-order chi connectivity index (χ1) is 11.3. The molecule has 0 atom stereocenters. The number of thiazole rings is 1. The van der Waals surface area contributed by atoms with Crippen molar-refractivity contribution < 1.29 is 9.53 Å². The van der Waals surface area contributed by atoms with Crippen LogP contribution >= 0.6 is 11.3 Å². The van der Waals surface area contributed by atoms with Crippen molar-refractivity contribution >= 4 is 28.3 Å². The minimum atomic E-state index is -0.241. The zero-order valence-electron chi connectivity index (χ0n) is 12.6. The van der Waals surface area contributed by atoms with Gasteiger partial charge in [-0.15, -0.1) is 11.3 Å². The molecule has 3 aromatic rings. The van der Waals surface area contributed by atoms with Gasteiger partial charge in [0.05, 0.1) is 22.8 Å². The average Bonchev–Trinajstić information content (AvgIpc) is 3.19. The molecule has 0 saturated carbocycles. The highest BCUT2D eigenvalue weighted by Gasteiger charge is 2.13. The highest BCUT2D eigenvalue weighted by molar-refractivity contribution is 7.07. The smallest absolute Gasteiger partial charge is 0.310 e. The van der Waals surface area contributed by atoms with Gasteiger partial charge in [0.1, 0.15) is 5.69 Å². The second-order valence-electron chi connectivity index (χ2n) is 5.06. The van der Waals surface area contributed by atoms with Crippen LogP contribution in [0.4, 0.5) is 0 Å². The van der Waals surface area contributed by atoms with E-state index in [2.05, 4.69) is 22.2 Å². The summed E-state index contributed by atoms with van der Waals surface area (Å²) in [5.41, 5.74) is 4.74. The van der Waals surface area contributed by atoms with Crippen LogP contribution in [0.15, 0.2) is 48.0 Å².